The third-order valence-electron chi connectivity index (χ3n) is 6.12. The fourth-order valence-corrected chi connectivity index (χ4v) is 4.86. The van der Waals surface area contributed by atoms with E-state index in [1.807, 2.05) is 12.1 Å². The second-order valence-corrected chi connectivity index (χ2v) is 10.5. The fourth-order valence-electron chi connectivity index (χ4n) is 4.18. The van der Waals surface area contributed by atoms with E-state index in [1.54, 1.807) is 72.8 Å². The number of furan rings is 1. The molecule has 40 heavy (non-hydrogen) atoms. The van der Waals surface area contributed by atoms with Crippen molar-refractivity contribution in [2.45, 2.75) is 6.61 Å². The van der Waals surface area contributed by atoms with Crippen LogP contribution in [-0.4, -0.2) is 15.9 Å². The summed E-state index contributed by atoms with van der Waals surface area (Å²) in [6.07, 6.45) is 1.50. The molecular formula is C30H17Cl4N3O3. The van der Waals surface area contributed by atoms with Crippen LogP contribution in [0, 0.1) is 0 Å². The maximum atomic E-state index is 13.6. The molecule has 4 aromatic carbocycles. The zero-order valence-electron chi connectivity index (χ0n) is 20.4. The molecule has 0 unspecified atom stereocenters. The molecule has 2 aromatic heterocycles. The molecule has 198 valence electrons. The molecule has 0 saturated carbocycles. The Bertz CT molecular complexity index is 2000. The summed E-state index contributed by atoms with van der Waals surface area (Å²) < 4.78 is 13.3. The van der Waals surface area contributed by atoms with Gasteiger partial charge < -0.3 is 9.15 Å². The Morgan fingerprint density at radius 1 is 0.875 bits per heavy atom. The van der Waals surface area contributed by atoms with Crippen LogP contribution in [0.1, 0.15) is 11.1 Å². The third kappa shape index (κ3) is 5.31. The molecule has 0 bridgehead atoms. The molecule has 10 heteroatoms. The zero-order valence-corrected chi connectivity index (χ0v) is 23.5. The molecule has 0 N–H and O–H groups in total. The number of aromatic nitrogens is 2. The van der Waals surface area contributed by atoms with Crippen molar-refractivity contribution >= 4 is 74.5 Å². The molecule has 0 spiro atoms. The van der Waals surface area contributed by atoms with Crippen LogP contribution in [0.15, 0.2) is 99.2 Å². The number of ether oxygens (including phenoxy) is 1. The van der Waals surface area contributed by atoms with E-state index in [-0.39, 0.29) is 18.0 Å². The standard InChI is InChI=1S/C30H17Cl4N3O3/c31-20-7-10-27-18(12-20)14-28(40-27)29-36-25-4-2-1-3-22(25)30(38)37(29)35-15-19-13-21(32)6-9-26(19)39-16-17-5-8-23(33)24(34)11-17/h1-15H,16H2. The molecule has 0 atom stereocenters. The number of rotatable bonds is 6. The predicted molar refractivity (Wildman–Crippen MR) is 161 cm³/mol. The van der Waals surface area contributed by atoms with Gasteiger partial charge in [-0.1, -0.05) is 64.6 Å². The first-order chi connectivity index (χ1) is 19.4. The van der Waals surface area contributed by atoms with Gasteiger partial charge in [-0.15, -0.1) is 0 Å². The maximum Gasteiger partial charge on any atom is 0.282 e. The summed E-state index contributed by atoms with van der Waals surface area (Å²) >= 11 is 24.6. The highest BCUT2D eigenvalue weighted by Crippen LogP contribution is 2.30. The van der Waals surface area contributed by atoms with Crippen LogP contribution in [0.4, 0.5) is 0 Å². The lowest BCUT2D eigenvalue weighted by Crippen LogP contribution is -2.20. The molecule has 0 radical (unpaired) electrons. The highest BCUT2D eigenvalue weighted by Gasteiger charge is 2.17. The van der Waals surface area contributed by atoms with E-state index in [1.165, 1.54) is 10.9 Å². The maximum absolute atomic E-state index is 13.6. The Hall–Kier alpha value is -3.81. The quantitative estimate of drug-likeness (QED) is 0.177. The van der Waals surface area contributed by atoms with Gasteiger partial charge in [-0.25, -0.2) is 4.98 Å². The molecule has 0 saturated heterocycles. The lowest BCUT2D eigenvalue weighted by Gasteiger charge is -2.11. The summed E-state index contributed by atoms with van der Waals surface area (Å²) in [6.45, 7) is 0.226. The highest BCUT2D eigenvalue weighted by atomic mass is 35.5. The van der Waals surface area contributed by atoms with Crippen LogP contribution >= 0.6 is 46.4 Å². The van der Waals surface area contributed by atoms with Crippen molar-refractivity contribution in [2.75, 3.05) is 0 Å². The van der Waals surface area contributed by atoms with Crippen molar-refractivity contribution in [3.05, 3.63) is 127 Å². The Balaban J connectivity index is 1.43. The van der Waals surface area contributed by atoms with Gasteiger partial charge in [0, 0.05) is 21.0 Å². The Morgan fingerprint density at radius 2 is 1.68 bits per heavy atom. The number of halogens is 4. The Kier molecular flexibility index (Phi) is 7.26. The minimum atomic E-state index is -0.365. The van der Waals surface area contributed by atoms with Crippen molar-refractivity contribution in [3.8, 4) is 17.3 Å². The van der Waals surface area contributed by atoms with Crippen LogP contribution in [0.5, 0.6) is 5.75 Å². The molecule has 2 heterocycles. The van der Waals surface area contributed by atoms with E-state index >= 15 is 0 Å². The largest absolute Gasteiger partial charge is 0.488 e. The van der Waals surface area contributed by atoms with Crippen LogP contribution in [0.3, 0.4) is 0 Å². The third-order valence-corrected chi connectivity index (χ3v) is 7.32. The van der Waals surface area contributed by atoms with Gasteiger partial charge >= 0.3 is 0 Å². The monoisotopic (exact) mass is 607 g/mol. The van der Waals surface area contributed by atoms with E-state index in [2.05, 4.69) is 5.10 Å². The minimum Gasteiger partial charge on any atom is -0.488 e. The van der Waals surface area contributed by atoms with E-state index in [0.717, 1.165) is 10.9 Å². The van der Waals surface area contributed by atoms with E-state index in [0.29, 0.717) is 53.6 Å². The minimum absolute atomic E-state index is 0.226. The van der Waals surface area contributed by atoms with Gasteiger partial charge in [0.2, 0.25) is 5.82 Å². The smallest absolute Gasteiger partial charge is 0.282 e. The fraction of sp³-hybridized carbons (Fsp3) is 0.0333. The van der Waals surface area contributed by atoms with Crippen LogP contribution in [-0.2, 0) is 6.61 Å². The topological polar surface area (TPSA) is 69.6 Å². The Morgan fingerprint density at radius 3 is 2.52 bits per heavy atom. The predicted octanol–water partition coefficient (Wildman–Crippen LogP) is 8.88. The summed E-state index contributed by atoms with van der Waals surface area (Å²) in [7, 11) is 0. The van der Waals surface area contributed by atoms with E-state index in [4.69, 9.17) is 60.5 Å². The van der Waals surface area contributed by atoms with E-state index in [9.17, 15) is 4.79 Å². The lowest BCUT2D eigenvalue weighted by atomic mass is 10.2. The summed E-state index contributed by atoms with van der Waals surface area (Å²) in [4.78, 5) is 18.3. The molecule has 0 aliphatic carbocycles. The zero-order chi connectivity index (χ0) is 27.8. The van der Waals surface area contributed by atoms with Gasteiger partial charge in [0.15, 0.2) is 5.76 Å². The average molecular weight is 609 g/mol. The molecular weight excluding hydrogens is 592 g/mol. The average Bonchev–Trinajstić information content (AvgIpc) is 3.37. The second-order valence-electron chi connectivity index (χ2n) is 8.83. The number of para-hydroxylation sites is 1. The number of nitrogens with zero attached hydrogens (tertiary/aromatic N) is 3. The van der Waals surface area contributed by atoms with Gasteiger partial charge in [0.05, 0.1) is 27.2 Å². The van der Waals surface area contributed by atoms with Crippen molar-refractivity contribution in [3.63, 3.8) is 0 Å². The molecule has 0 fully saturated rings. The van der Waals surface area contributed by atoms with Gasteiger partial charge in [-0.3, -0.25) is 4.79 Å². The van der Waals surface area contributed by atoms with Crippen LogP contribution in [0.2, 0.25) is 20.1 Å². The van der Waals surface area contributed by atoms with Crippen LogP contribution in [0.25, 0.3) is 33.5 Å². The normalized spacial score (nSPS) is 11.6. The molecule has 0 aliphatic heterocycles. The first-order valence-corrected chi connectivity index (χ1v) is 13.5. The van der Waals surface area contributed by atoms with Crippen molar-refractivity contribution in [2.24, 2.45) is 5.10 Å². The number of benzene rings is 4. The van der Waals surface area contributed by atoms with Crippen molar-refractivity contribution in [1.29, 1.82) is 0 Å². The van der Waals surface area contributed by atoms with Crippen LogP contribution < -0.4 is 10.3 Å². The van der Waals surface area contributed by atoms with Gasteiger partial charge in [-0.2, -0.15) is 9.78 Å². The summed E-state index contributed by atoms with van der Waals surface area (Å²) in [5.41, 5.74) is 2.13. The van der Waals surface area contributed by atoms with Crippen molar-refractivity contribution < 1.29 is 9.15 Å². The van der Waals surface area contributed by atoms with Crippen molar-refractivity contribution in [1.82, 2.24) is 9.66 Å². The second kappa shape index (κ2) is 11.0. The summed E-state index contributed by atoms with van der Waals surface area (Å²) in [5.74, 6) is 1.09. The summed E-state index contributed by atoms with van der Waals surface area (Å²) in [5, 5.41) is 7.64. The van der Waals surface area contributed by atoms with Gasteiger partial charge in [-0.05, 0) is 72.3 Å². The first-order valence-electron chi connectivity index (χ1n) is 12.0. The number of hydrogen-bond acceptors (Lipinski definition) is 5. The van der Waals surface area contributed by atoms with Gasteiger partial charge in [0.1, 0.15) is 17.9 Å². The first kappa shape index (κ1) is 26.4. The summed E-state index contributed by atoms with van der Waals surface area (Å²) in [6, 6.07) is 24.5. The number of hydrogen-bond donors (Lipinski definition) is 0. The molecule has 6 aromatic rings. The lowest BCUT2D eigenvalue weighted by molar-refractivity contribution is 0.306. The van der Waals surface area contributed by atoms with Gasteiger partial charge in [0.25, 0.3) is 5.56 Å². The molecule has 0 aliphatic rings. The molecule has 6 nitrogen and oxygen atoms in total. The van der Waals surface area contributed by atoms with E-state index < -0.39 is 0 Å². The number of fused-ring (bicyclic) bond motifs is 2. The highest BCUT2D eigenvalue weighted by molar-refractivity contribution is 6.42. The molecule has 0 amide bonds. The molecule has 6 rings (SSSR count). The Labute approximate surface area is 247 Å². The SMILES string of the molecule is O=c1c2ccccc2nc(-c2cc3cc(Cl)ccc3o2)n1N=Cc1cc(Cl)ccc1OCc1ccc(Cl)c(Cl)c1.